The number of nitrogens with zero attached hydrogens (tertiary/aromatic N) is 2. The van der Waals surface area contributed by atoms with Gasteiger partial charge in [0.1, 0.15) is 11.2 Å². The summed E-state index contributed by atoms with van der Waals surface area (Å²) in [6.45, 7) is 4.35. The quantitative estimate of drug-likeness (QED) is 0.255. The fraction of sp³-hybridized carbons (Fsp3) is 0.0588. The molecule has 0 aliphatic rings. The molecule has 0 amide bonds. The predicted octanol–water partition coefficient (Wildman–Crippen LogP) is 9.15. The highest BCUT2D eigenvalue weighted by Gasteiger charge is 2.19. The van der Waals surface area contributed by atoms with Crippen LogP contribution in [0.5, 0.6) is 0 Å². The zero-order valence-electron chi connectivity index (χ0n) is 20.7. The van der Waals surface area contributed by atoms with Crippen LogP contribution in [-0.2, 0) is 0 Å². The van der Waals surface area contributed by atoms with Gasteiger partial charge in [0.2, 0.25) is 0 Å². The first-order valence-corrected chi connectivity index (χ1v) is 12.5. The average Bonchev–Trinajstić information content (AvgIpc) is 3.34. The molecule has 0 saturated carbocycles. The van der Waals surface area contributed by atoms with E-state index in [4.69, 9.17) is 9.40 Å². The van der Waals surface area contributed by atoms with Gasteiger partial charge in [0.25, 0.3) is 0 Å². The van der Waals surface area contributed by atoms with Crippen molar-refractivity contribution < 1.29 is 4.42 Å². The van der Waals surface area contributed by atoms with E-state index in [2.05, 4.69) is 104 Å². The molecule has 37 heavy (non-hydrogen) atoms. The second kappa shape index (κ2) is 8.42. The molecule has 0 atom stereocenters. The lowest BCUT2D eigenvalue weighted by atomic mass is 9.91. The van der Waals surface area contributed by atoms with E-state index in [1.165, 1.54) is 27.6 Å². The minimum atomic E-state index is 0.857. The van der Waals surface area contributed by atoms with Crippen LogP contribution in [-0.4, -0.2) is 9.97 Å². The molecule has 7 rings (SSSR count). The molecule has 0 saturated heterocycles. The second-order valence-corrected chi connectivity index (χ2v) is 9.55. The molecule has 0 unspecified atom stereocenters. The van der Waals surface area contributed by atoms with Crippen LogP contribution in [0.25, 0.3) is 66.2 Å². The third-order valence-electron chi connectivity index (χ3n) is 7.40. The number of rotatable bonds is 3. The van der Waals surface area contributed by atoms with Gasteiger partial charge in [-0.25, -0.2) is 0 Å². The Bertz CT molecular complexity index is 1950. The monoisotopic (exact) mass is 476 g/mol. The molecular weight excluding hydrogens is 452 g/mol. The van der Waals surface area contributed by atoms with Crippen LogP contribution in [0.1, 0.15) is 11.1 Å². The Labute approximate surface area is 215 Å². The Kier molecular flexibility index (Phi) is 4.90. The SMILES string of the molecule is Cc1cc2ccncc2c(-c2cccc3c2oc2c(-c4cc(-c5ccccc5)ccn4)cccc23)c1C. The van der Waals surface area contributed by atoms with E-state index in [9.17, 15) is 0 Å². The van der Waals surface area contributed by atoms with Crippen LogP contribution in [0, 0.1) is 13.8 Å². The van der Waals surface area contributed by atoms with Gasteiger partial charge in [-0.05, 0) is 71.3 Å². The summed E-state index contributed by atoms with van der Waals surface area (Å²) in [6, 6.07) is 31.7. The summed E-state index contributed by atoms with van der Waals surface area (Å²) in [6.07, 6.45) is 5.69. The van der Waals surface area contributed by atoms with Gasteiger partial charge in [0.15, 0.2) is 0 Å². The van der Waals surface area contributed by atoms with Gasteiger partial charge in [-0.1, -0.05) is 66.7 Å². The van der Waals surface area contributed by atoms with E-state index in [1.807, 2.05) is 24.7 Å². The summed E-state index contributed by atoms with van der Waals surface area (Å²) in [5, 5.41) is 4.51. The highest BCUT2D eigenvalue weighted by molar-refractivity contribution is 6.15. The Morgan fingerprint density at radius 3 is 2.19 bits per heavy atom. The van der Waals surface area contributed by atoms with Crippen LogP contribution in [0.3, 0.4) is 0 Å². The Morgan fingerprint density at radius 2 is 1.38 bits per heavy atom. The van der Waals surface area contributed by atoms with Crippen LogP contribution < -0.4 is 0 Å². The van der Waals surface area contributed by atoms with E-state index in [1.54, 1.807) is 0 Å². The second-order valence-electron chi connectivity index (χ2n) is 9.55. The molecule has 0 aliphatic heterocycles. The molecule has 176 valence electrons. The molecule has 0 fully saturated rings. The van der Waals surface area contributed by atoms with Gasteiger partial charge in [-0.3, -0.25) is 9.97 Å². The maximum Gasteiger partial charge on any atom is 0.144 e. The van der Waals surface area contributed by atoms with Crippen LogP contribution in [0.2, 0.25) is 0 Å². The minimum absolute atomic E-state index is 0.857. The van der Waals surface area contributed by atoms with Crippen molar-refractivity contribution in [2.24, 2.45) is 0 Å². The third-order valence-corrected chi connectivity index (χ3v) is 7.40. The standard InChI is InChI=1S/C34H24N2O/c1-21-18-25-14-16-35-20-30(25)32(22(21)2)29-13-7-11-27-26-10-6-12-28(33(26)37-34(27)29)31-19-24(15-17-36-31)23-8-4-3-5-9-23/h3-20H,1-2H3. The number of para-hydroxylation sites is 2. The molecule has 3 heteroatoms. The van der Waals surface area contributed by atoms with Gasteiger partial charge in [-0.2, -0.15) is 0 Å². The first-order chi connectivity index (χ1) is 18.2. The van der Waals surface area contributed by atoms with Crippen molar-refractivity contribution in [3.8, 4) is 33.5 Å². The topological polar surface area (TPSA) is 38.9 Å². The smallest absolute Gasteiger partial charge is 0.144 e. The van der Waals surface area contributed by atoms with Crippen molar-refractivity contribution >= 4 is 32.7 Å². The number of aryl methyl sites for hydroxylation is 1. The first-order valence-electron chi connectivity index (χ1n) is 12.5. The largest absolute Gasteiger partial charge is 0.455 e. The zero-order valence-corrected chi connectivity index (χ0v) is 20.7. The summed E-state index contributed by atoms with van der Waals surface area (Å²) >= 11 is 0. The van der Waals surface area contributed by atoms with Crippen molar-refractivity contribution in [2.45, 2.75) is 13.8 Å². The molecule has 0 bridgehead atoms. The number of aromatic nitrogens is 2. The summed E-state index contributed by atoms with van der Waals surface area (Å²) < 4.78 is 6.75. The summed E-state index contributed by atoms with van der Waals surface area (Å²) in [7, 11) is 0. The number of hydrogen-bond donors (Lipinski definition) is 0. The average molecular weight is 477 g/mol. The fourth-order valence-corrected chi connectivity index (χ4v) is 5.43. The summed E-state index contributed by atoms with van der Waals surface area (Å²) in [5.74, 6) is 0. The first kappa shape index (κ1) is 21.5. The Balaban J connectivity index is 1.49. The maximum absolute atomic E-state index is 6.75. The van der Waals surface area contributed by atoms with Gasteiger partial charge in [0, 0.05) is 45.9 Å². The number of pyridine rings is 2. The fourth-order valence-electron chi connectivity index (χ4n) is 5.43. The van der Waals surface area contributed by atoms with Crippen LogP contribution in [0.4, 0.5) is 0 Å². The maximum atomic E-state index is 6.75. The molecule has 3 heterocycles. The molecular formula is C34H24N2O. The highest BCUT2D eigenvalue weighted by atomic mass is 16.3. The Hall–Kier alpha value is -4.76. The van der Waals surface area contributed by atoms with E-state index >= 15 is 0 Å². The van der Waals surface area contributed by atoms with Crippen molar-refractivity contribution in [2.75, 3.05) is 0 Å². The highest BCUT2D eigenvalue weighted by Crippen LogP contribution is 2.42. The summed E-state index contributed by atoms with van der Waals surface area (Å²) in [4.78, 5) is 9.18. The molecule has 0 radical (unpaired) electrons. The van der Waals surface area contributed by atoms with Crippen molar-refractivity contribution in [1.29, 1.82) is 0 Å². The summed E-state index contributed by atoms with van der Waals surface area (Å²) in [5.41, 5.74) is 10.7. The number of fused-ring (bicyclic) bond motifs is 4. The molecule has 3 aromatic heterocycles. The number of furan rings is 1. The molecule has 0 aliphatic carbocycles. The minimum Gasteiger partial charge on any atom is -0.455 e. The number of benzene rings is 4. The van der Waals surface area contributed by atoms with E-state index in [0.29, 0.717) is 0 Å². The normalized spacial score (nSPS) is 11.5. The van der Waals surface area contributed by atoms with Crippen LogP contribution in [0.15, 0.2) is 114 Å². The lowest BCUT2D eigenvalue weighted by Crippen LogP contribution is -1.91. The van der Waals surface area contributed by atoms with E-state index in [0.717, 1.165) is 49.7 Å². The van der Waals surface area contributed by atoms with Gasteiger partial charge >= 0.3 is 0 Å². The van der Waals surface area contributed by atoms with Crippen molar-refractivity contribution in [3.05, 3.63) is 121 Å². The zero-order chi connectivity index (χ0) is 24.9. The molecule has 3 nitrogen and oxygen atoms in total. The van der Waals surface area contributed by atoms with Crippen LogP contribution >= 0.6 is 0 Å². The van der Waals surface area contributed by atoms with Gasteiger partial charge < -0.3 is 4.42 Å². The number of hydrogen-bond acceptors (Lipinski definition) is 3. The molecule has 7 aromatic rings. The van der Waals surface area contributed by atoms with Gasteiger partial charge in [0.05, 0.1) is 5.69 Å². The van der Waals surface area contributed by atoms with E-state index in [-0.39, 0.29) is 0 Å². The van der Waals surface area contributed by atoms with E-state index < -0.39 is 0 Å². The van der Waals surface area contributed by atoms with Crippen molar-refractivity contribution in [1.82, 2.24) is 9.97 Å². The molecule has 4 aromatic carbocycles. The van der Waals surface area contributed by atoms with Crippen molar-refractivity contribution in [3.63, 3.8) is 0 Å². The Morgan fingerprint density at radius 1 is 0.622 bits per heavy atom. The van der Waals surface area contributed by atoms with Gasteiger partial charge in [-0.15, -0.1) is 0 Å². The molecule has 0 spiro atoms. The molecule has 0 N–H and O–H groups in total. The lowest BCUT2D eigenvalue weighted by Gasteiger charge is -2.13. The lowest BCUT2D eigenvalue weighted by molar-refractivity contribution is 0.671. The third kappa shape index (κ3) is 3.43. The predicted molar refractivity (Wildman–Crippen MR) is 153 cm³/mol.